The van der Waals surface area contributed by atoms with Crippen LogP contribution in [-0.4, -0.2) is 43.8 Å². The van der Waals surface area contributed by atoms with Gasteiger partial charge in [0.2, 0.25) is 10.0 Å². The second-order valence-electron chi connectivity index (χ2n) is 7.97. The van der Waals surface area contributed by atoms with E-state index in [1.165, 1.54) is 16.3 Å². The van der Waals surface area contributed by atoms with E-state index in [2.05, 4.69) is 4.72 Å². The lowest BCUT2D eigenvalue weighted by molar-refractivity contribution is 0.0394. The fraction of sp³-hybridized carbons (Fsp3) is 0.381. The Kier molecular flexibility index (Phi) is 7.03. The van der Waals surface area contributed by atoms with Gasteiger partial charge >= 0.3 is 6.09 Å². The quantitative estimate of drug-likeness (QED) is 0.661. The topological polar surface area (TPSA) is 94.2 Å². The summed E-state index contributed by atoms with van der Waals surface area (Å²) < 4.78 is 43.8. The van der Waals surface area contributed by atoms with Crippen LogP contribution >= 0.6 is 11.9 Å². The Bertz CT molecular complexity index is 1050. The molecule has 0 atom stereocenters. The lowest BCUT2D eigenvalue weighted by Crippen LogP contribution is -2.34. The number of amides is 1. The highest BCUT2D eigenvalue weighted by atomic mass is 32.2. The maximum absolute atomic E-state index is 12.5. The molecule has 0 aromatic heterocycles. The van der Waals surface area contributed by atoms with Gasteiger partial charge in [-0.25, -0.2) is 22.2 Å². The summed E-state index contributed by atoms with van der Waals surface area (Å²) in [4.78, 5) is 13.2. The van der Waals surface area contributed by atoms with Crippen LogP contribution in [0.1, 0.15) is 26.3 Å². The number of benzene rings is 2. The molecule has 8 nitrogen and oxygen atoms in total. The SMILES string of the molecule is CC(C)(C)OC(=O)N1CCOc2ccc(Oc3cccc(CNS(C)(=O)=O)c3)cc2S1. The minimum absolute atomic E-state index is 0.175. The smallest absolute Gasteiger partial charge is 0.420 e. The lowest BCUT2D eigenvalue weighted by Gasteiger charge is -2.25. The van der Waals surface area contributed by atoms with Gasteiger partial charge < -0.3 is 14.2 Å². The van der Waals surface area contributed by atoms with E-state index in [4.69, 9.17) is 14.2 Å². The van der Waals surface area contributed by atoms with Crippen molar-refractivity contribution < 1.29 is 27.4 Å². The van der Waals surface area contributed by atoms with Gasteiger partial charge in [0.1, 0.15) is 29.5 Å². The average molecular weight is 467 g/mol. The van der Waals surface area contributed by atoms with E-state index in [1.54, 1.807) is 36.4 Å². The Labute approximate surface area is 187 Å². The Hall–Kier alpha value is -2.43. The maximum atomic E-state index is 12.5. The van der Waals surface area contributed by atoms with E-state index in [0.717, 1.165) is 16.7 Å². The van der Waals surface area contributed by atoms with Gasteiger partial charge in [0.15, 0.2) is 0 Å². The van der Waals surface area contributed by atoms with Gasteiger partial charge in [-0.1, -0.05) is 12.1 Å². The summed E-state index contributed by atoms with van der Waals surface area (Å²) in [5.41, 5.74) is 0.182. The molecule has 1 amide bonds. The zero-order valence-electron chi connectivity index (χ0n) is 17.9. The molecule has 3 rings (SSSR count). The van der Waals surface area contributed by atoms with Gasteiger partial charge in [0, 0.05) is 6.54 Å². The van der Waals surface area contributed by atoms with Gasteiger partial charge in [0.25, 0.3) is 0 Å². The molecular formula is C21H26N2O6S2. The van der Waals surface area contributed by atoms with Crippen LogP contribution in [0.4, 0.5) is 4.79 Å². The molecule has 168 valence electrons. The Morgan fingerprint density at radius 3 is 2.65 bits per heavy atom. The molecule has 0 saturated heterocycles. The zero-order valence-corrected chi connectivity index (χ0v) is 19.5. The summed E-state index contributed by atoms with van der Waals surface area (Å²) in [7, 11) is -3.28. The Morgan fingerprint density at radius 1 is 1.19 bits per heavy atom. The number of nitrogens with one attached hydrogen (secondary N) is 1. The Morgan fingerprint density at radius 2 is 1.94 bits per heavy atom. The number of hydrogen-bond donors (Lipinski definition) is 1. The van der Waals surface area contributed by atoms with Crippen molar-refractivity contribution in [2.24, 2.45) is 0 Å². The van der Waals surface area contributed by atoms with E-state index in [9.17, 15) is 13.2 Å². The molecule has 0 aliphatic carbocycles. The first kappa shape index (κ1) is 23.2. The highest BCUT2D eigenvalue weighted by Gasteiger charge is 2.26. The number of ether oxygens (including phenoxy) is 3. The molecule has 0 bridgehead atoms. The molecule has 2 aromatic rings. The van der Waals surface area contributed by atoms with Crippen molar-refractivity contribution >= 4 is 28.1 Å². The molecule has 1 aliphatic heterocycles. The van der Waals surface area contributed by atoms with Gasteiger partial charge in [-0.15, -0.1) is 0 Å². The van der Waals surface area contributed by atoms with Crippen molar-refractivity contribution in [3.63, 3.8) is 0 Å². The molecule has 1 aliphatic rings. The van der Waals surface area contributed by atoms with E-state index in [-0.39, 0.29) is 6.54 Å². The second kappa shape index (κ2) is 9.37. The van der Waals surface area contributed by atoms with Gasteiger partial charge in [-0.2, -0.15) is 0 Å². The van der Waals surface area contributed by atoms with Crippen LogP contribution in [0.2, 0.25) is 0 Å². The lowest BCUT2D eigenvalue weighted by atomic mass is 10.2. The summed E-state index contributed by atoms with van der Waals surface area (Å²) >= 11 is 1.24. The van der Waals surface area contributed by atoms with Gasteiger partial charge in [0.05, 0.1) is 17.7 Å². The number of nitrogens with zero attached hydrogens (tertiary/aromatic N) is 1. The van der Waals surface area contributed by atoms with Gasteiger partial charge in [-0.3, -0.25) is 0 Å². The minimum Gasteiger partial charge on any atom is -0.490 e. The van der Waals surface area contributed by atoms with Crippen LogP contribution in [0, 0.1) is 0 Å². The normalized spacial score (nSPS) is 14.3. The standard InChI is InChI=1S/C21H26N2O6S2/c1-21(2,3)29-20(24)23-10-11-27-18-9-8-17(13-19(18)30-23)28-16-7-5-6-15(12-16)14-22-31(4,25)26/h5-9,12-13,22H,10-11,14H2,1-4H3. The molecule has 0 unspecified atom stereocenters. The number of sulfonamides is 1. The van der Waals surface area contributed by atoms with E-state index >= 15 is 0 Å². The van der Waals surface area contributed by atoms with Gasteiger partial charge in [-0.05, 0) is 68.6 Å². The molecule has 0 fully saturated rings. The molecule has 1 N–H and O–H groups in total. The Balaban J connectivity index is 1.73. The third-order valence-electron chi connectivity index (χ3n) is 3.95. The monoisotopic (exact) mass is 466 g/mol. The van der Waals surface area contributed by atoms with E-state index < -0.39 is 21.7 Å². The summed E-state index contributed by atoms with van der Waals surface area (Å²) in [6.45, 7) is 6.39. The number of carbonyl (C=O) groups is 1. The number of rotatable bonds is 5. The fourth-order valence-electron chi connectivity index (χ4n) is 2.66. The molecule has 0 spiro atoms. The van der Waals surface area contributed by atoms with Crippen LogP contribution in [0.15, 0.2) is 47.4 Å². The molecule has 1 heterocycles. The van der Waals surface area contributed by atoms with E-state index in [1.807, 2.05) is 26.8 Å². The molecule has 2 aromatic carbocycles. The highest BCUT2D eigenvalue weighted by Crippen LogP contribution is 2.38. The van der Waals surface area contributed by atoms with Crippen LogP contribution < -0.4 is 14.2 Å². The number of hydrogen-bond acceptors (Lipinski definition) is 7. The first-order valence-electron chi connectivity index (χ1n) is 9.65. The zero-order chi connectivity index (χ0) is 22.6. The van der Waals surface area contributed by atoms with Crippen LogP contribution in [0.3, 0.4) is 0 Å². The third-order valence-corrected chi connectivity index (χ3v) is 5.68. The third kappa shape index (κ3) is 7.34. The van der Waals surface area contributed by atoms with Crippen molar-refractivity contribution in [2.75, 3.05) is 19.4 Å². The van der Waals surface area contributed by atoms with Crippen molar-refractivity contribution in [1.82, 2.24) is 9.03 Å². The summed E-state index contributed by atoms with van der Waals surface area (Å²) in [6, 6.07) is 12.5. The van der Waals surface area contributed by atoms with Crippen molar-refractivity contribution in [1.29, 1.82) is 0 Å². The van der Waals surface area contributed by atoms with Crippen LogP contribution in [-0.2, 0) is 21.3 Å². The first-order chi connectivity index (χ1) is 14.5. The van der Waals surface area contributed by atoms with Crippen LogP contribution in [0.5, 0.6) is 17.2 Å². The first-order valence-corrected chi connectivity index (χ1v) is 12.3. The van der Waals surface area contributed by atoms with Crippen molar-refractivity contribution in [2.45, 2.75) is 37.8 Å². The average Bonchev–Trinajstić information content (AvgIpc) is 2.87. The van der Waals surface area contributed by atoms with Crippen LogP contribution in [0.25, 0.3) is 0 Å². The molecule has 10 heteroatoms. The summed E-state index contributed by atoms with van der Waals surface area (Å²) in [5.74, 6) is 1.79. The molecular weight excluding hydrogens is 440 g/mol. The maximum Gasteiger partial charge on any atom is 0.420 e. The highest BCUT2D eigenvalue weighted by molar-refractivity contribution is 7.97. The number of fused-ring (bicyclic) bond motifs is 1. The van der Waals surface area contributed by atoms with Crippen molar-refractivity contribution in [3.8, 4) is 17.2 Å². The molecule has 0 radical (unpaired) electrons. The predicted octanol–water partition coefficient (Wildman–Crippen LogP) is 4.16. The predicted molar refractivity (Wildman–Crippen MR) is 119 cm³/mol. The van der Waals surface area contributed by atoms with E-state index in [0.29, 0.717) is 30.4 Å². The largest absolute Gasteiger partial charge is 0.490 e. The fourth-order valence-corrected chi connectivity index (χ4v) is 3.99. The summed E-state index contributed by atoms with van der Waals surface area (Å²) in [6.07, 6.45) is 0.690. The minimum atomic E-state index is -3.28. The van der Waals surface area contributed by atoms with Crippen molar-refractivity contribution in [3.05, 3.63) is 48.0 Å². The molecule has 31 heavy (non-hydrogen) atoms. The number of carbonyl (C=O) groups excluding carboxylic acids is 1. The second-order valence-corrected chi connectivity index (χ2v) is 10.9. The summed E-state index contributed by atoms with van der Waals surface area (Å²) in [5, 5.41) is 0. The molecule has 0 saturated carbocycles.